The van der Waals surface area contributed by atoms with Crippen LogP contribution in [0.25, 0.3) is 5.69 Å². The van der Waals surface area contributed by atoms with Crippen LogP contribution in [0, 0.1) is 10.1 Å². The second-order valence-corrected chi connectivity index (χ2v) is 2.63. The van der Waals surface area contributed by atoms with Gasteiger partial charge in [0.05, 0.1) is 0 Å². The van der Waals surface area contributed by atoms with Crippen LogP contribution in [0.4, 0.5) is 5.82 Å². The summed E-state index contributed by atoms with van der Waals surface area (Å²) in [6.07, 6.45) is 2.46. The maximum absolute atomic E-state index is 10.8. The predicted octanol–water partition coefficient (Wildman–Crippen LogP) is -0.136. The Kier molecular flexibility index (Phi) is 2.01. The van der Waals surface area contributed by atoms with E-state index in [0.717, 1.165) is 11.0 Å². The van der Waals surface area contributed by atoms with Gasteiger partial charge in [-0.2, -0.15) is 4.98 Å². The highest BCUT2D eigenvalue weighted by molar-refractivity contribution is 5.44. The highest BCUT2D eigenvalue weighted by Gasteiger charge is 2.15. The zero-order valence-electron chi connectivity index (χ0n) is 7.32. The minimum atomic E-state index is -0.631. The van der Waals surface area contributed by atoms with Gasteiger partial charge in [0.25, 0.3) is 0 Å². The van der Waals surface area contributed by atoms with E-state index < -0.39 is 10.6 Å². The van der Waals surface area contributed by atoms with Gasteiger partial charge in [-0.15, -0.1) is 0 Å². The lowest BCUT2D eigenvalue weighted by atomic mass is 10.4. The fraction of sp³-hybridized carbons (Fsp3) is 0. The number of rotatable bonds is 2. The Morgan fingerprint density at radius 1 is 1.47 bits per heavy atom. The molecule has 0 saturated heterocycles. The molecule has 0 unspecified atom stereocenters. The molecule has 1 N–H and O–H groups in total. The van der Waals surface area contributed by atoms with E-state index in [1.165, 1.54) is 18.3 Å². The van der Waals surface area contributed by atoms with Crippen LogP contribution in [-0.4, -0.2) is 24.7 Å². The van der Waals surface area contributed by atoms with E-state index in [-0.39, 0.29) is 11.5 Å². The molecule has 2 rings (SSSR count). The maximum Gasteiger partial charge on any atom is 0.389 e. The number of nitro groups is 1. The van der Waals surface area contributed by atoms with Crippen LogP contribution in [0.3, 0.4) is 0 Å². The zero-order valence-corrected chi connectivity index (χ0v) is 7.32. The molecule has 0 amide bonds. The average Bonchev–Trinajstić information content (AvgIpc) is 2.65. The third-order valence-corrected chi connectivity index (χ3v) is 1.71. The zero-order chi connectivity index (χ0) is 10.8. The van der Waals surface area contributed by atoms with Crippen molar-refractivity contribution in [3.8, 4) is 5.69 Å². The molecule has 0 aromatic carbocycles. The van der Waals surface area contributed by atoms with E-state index in [2.05, 4.69) is 15.1 Å². The van der Waals surface area contributed by atoms with Gasteiger partial charge in [0.2, 0.25) is 0 Å². The van der Waals surface area contributed by atoms with Crippen LogP contribution in [0.2, 0.25) is 0 Å². The number of aromatic nitrogens is 4. The fourth-order valence-corrected chi connectivity index (χ4v) is 1.11. The van der Waals surface area contributed by atoms with Gasteiger partial charge in [-0.3, -0.25) is 0 Å². The first-order valence-electron chi connectivity index (χ1n) is 3.92. The second-order valence-electron chi connectivity index (χ2n) is 2.63. The number of aromatic amines is 1. The van der Waals surface area contributed by atoms with Gasteiger partial charge in [0.1, 0.15) is 12.5 Å². The molecule has 0 aliphatic carbocycles. The molecule has 15 heavy (non-hydrogen) atoms. The normalized spacial score (nSPS) is 10.1. The van der Waals surface area contributed by atoms with Crippen LogP contribution < -0.4 is 5.69 Å². The monoisotopic (exact) mass is 207 g/mol. The summed E-state index contributed by atoms with van der Waals surface area (Å²) in [5.41, 5.74) is -0.412. The van der Waals surface area contributed by atoms with E-state index in [1.807, 2.05) is 0 Å². The van der Waals surface area contributed by atoms with Crippen LogP contribution in [-0.2, 0) is 0 Å². The molecule has 0 aliphatic rings. The van der Waals surface area contributed by atoms with Gasteiger partial charge in [-0.05, 0) is 22.0 Å². The molecule has 0 bridgehead atoms. The third kappa shape index (κ3) is 1.59. The van der Waals surface area contributed by atoms with Crippen molar-refractivity contribution < 1.29 is 4.92 Å². The van der Waals surface area contributed by atoms with Crippen molar-refractivity contribution in [3.63, 3.8) is 0 Å². The lowest BCUT2D eigenvalue weighted by Crippen LogP contribution is -2.07. The molecule has 2 aromatic rings. The minimum absolute atomic E-state index is 0.164. The lowest BCUT2D eigenvalue weighted by molar-refractivity contribution is -0.389. The summed E-state index contributed by atoms with van der Waals surface area (Å²) in [7, 11) is 0. The molecule has 76 valence electrons. The van der Waals surface area contributed by atoms with Crippen molar-refractivity contribution >= 4 is 5.82 Å². The molecular weight excluding hydrogens is 202 g/mol. The summed E-state index contributed by atoms with van der Waals surface area (Å²) in [4.78, 5) is 27.7. The molecule has 8 nitrogen and oxygen atoms in total. The van der Waals surface area contributed by atoms with E-state index >= 15 is 0 Å². The summed E-state index contributed by atoms with van der Waals surface area (Å²) in [6, 6.07) is 2.99. The number of H-pyrrole nitrogens is 1. The molecule has 0 spiro atoms. The highest BCUT2D eigenvalue weighted by Crippen LogP contribution is 2.16. The minimum Gasteiger partial charge on any atom is -0.358 e. The summed E-state index contributed by atoms with van der Waals surface area (Å²) >= 11 is 0. The molecule has 0 radical (unpaired) electrons. The van der Waals surface area contributed by atoms with Gasteiger partial charge in [0, 0.05) is 0 Å². The third-order valence-electron chi connectivity index (χ3n) is 1.71. The van der Waals surface area contributed by atoms with Crippen LogP contribution in [0.1, 0.15) is 0 Å². The summed E-state index contributed by atoms with van der Waals surface area (Å²) in [5.74, 6) is -0.342. The molecule has 8 heteroatoms. The Hall–Kier alpha value is -2.51. The lowest BCUT2D eigenvalue weighted by Gasteiger charge is -2.00. The Morgan fingerprint density at radius 2 is 2.27 bits per heavy atom. The Labute approximate surface area is 82.3 Å². The van der Waals surface area contributed by atoms with E-state index in [9.17, 15) is 14.9 Å². The summed E-state index contributed by atoms with van der Waals surface area (Å²) in [6.45, 7) is 0. The van der Waals surface area contributed by atoms with E-state index in [0.29, 0.717) is 0 Å². The summed E-state index contributed by atoms with van der Waals surface area (Å²) < 4.78 is 1.15. The molecule has 0 saturated carbocycles. The van der Waals surface area contributed by atoms with Gasteiger partial charge in [-0.1, -0.05) is 0 Å². The van der Waals surface area contributed by atoms with Crippen molar-refractivity contribution in [3.05, 3.63) is 45.3 Å². The molecule has 0 aliphatic heterocycles. The Morgan fingerprint density at radius 3 is 2.87 bits per heavy atom. The van der Waals surface area contributed by atoms with E-state index in [1.54, 1.807) is 0 Å². The van der Waals surface area contributed by atoms with Gasteiger partial charge in [-0.25, -0.2) is 14.6 Å². The van der Waals surface area contributed by atoms with Crippen LogP contribution in [0.15, 0.2) is 29.5 Å². The van der Waals surface area contributed by atoms with Crippen molar-refractivity contribution in [1.29, 1.82) is 0 Å². The number of nitrogens with one attached hydrogen (secondary N) is 1. The topological polar surface area (TPSA) is 107 Å². The number of nitrogens with zero attached hydrogens (tertiary/aromatic N) is 4. The first-order valence-corrected chi connectivity index (χ1v) is 3.92. The van der Waals surface area contributed by atoms with Gasteiger partial charge in [0.15, 0.2) is 5.69 Å². The number of hydrogen-bond acceptors (Lipinski definition) is 5. The second kappa shape index (κ2) is 3.33. The molecule has 0 fully saturated rings. The predicted molar refractivity (Wildman–Crippen MR) is 48.6 cm³/mol. The summed E-state index contributed by atoms with van der Waals surface area (Å²) in [5, 5.41) is 12.9. The first kappa shape index (κ1) is 9.06. The quantitative estimate of drug-likeness (QED) is 0.544. The van der Waals surface area contributed by atoms with Gasteiger partial charge >= 0.3 is 11.5 Å². The number of hydrogen-bond donors (Lipinski definition) is 1. The standard InChI is InChI=1S/C7H5N5O3/c13-7-9-4-11(10-7)5-2-1-3-8-6(5)12(14)15/h1-4H,(H,10,13). The van der Waals surface area contributed by atoms with Crippen molar-refractivity contribution in [2.45, 2.75) is 0 Å². The van der Waals surface area contributed by atoms with Crippen LogP contribution >= 0.6 is 0 Å². The molecule has 2 aromatic heterocycles. The SMILES string of the molecule is O=c1ncn(-c2cccnc2[N+](=O)[O-])[nH]1. The van der Waals surface area contributed by atoms with Crippen LogP contribution in [0.5, 0.6) is 0 Å². The van der Waals surface area contributed by atoms with E-state index in [4.69, 9.17) is 0 Å². The molecule has 2 heterocycles. The molecule has 0 atom stereocenters. The average molecular weight is 207 g/mol. The smallest absolute Gasteiger partial charge is 0.358 e. The maximum atomic E-state index is 10.8. The molecular formula is C7H5N5O3. The van der Waals surface area contributed by atoms with Gasteiger partial charge < -0.3 is 10.1 Å². The number of pyridine rings is 1. The fourth-order valence-electron chi connectivity index (χ4n) is 1.11. The highest BCUT2D eigenvalue weighted by atomic mass is 16.6. The van der Waals surface area contributed by atoms with Crippen molar-refractivity contribution in [1.82, 2.24) is 19.7 Å². The Balaban J connectivity index is 2.62. The van der Waals surface area contributed by atoms with Crippen molar-refractivity contribution in [2.24, 2.45) is 0 Å². The van der Waals surface area contributed by atoms with Crippen molar-refractivity contribution in [2.75, 3.05) is 0 Å². The first-order chi connectivity index (χ1) is 7.18. The largest absolute Gasteiger partial charge is 0.389 e. The Bertz CT molecular complexity index is 558.